The summed E-state index contributed by atoms with van der Waals surface area (Å²) in [5.41, 5.74) is 3.38. The monoisotopic (exact) mass is 310 g/mol. The van der Waals surface area contributed by atoms with Crippen molar-refractivity contribution >= 4 is 11.6 Å². The van der Waals surface area contributed by atoms with Gasteiger partial charge in [0, 0.05) is 5.69 Å². The van der Waals surface area contributed by atoms with Crippen molar-refractivity contribution in [3.63, 3.8) is 0 Å². The van der Waals surface area contributed by atoms with Gasteiger partial charge < -0.3 is 15.4 Å². The number of hydrogen-bond acceptors (Lipinski definition) is 3. The van der Waals surface area contributed by atoms with E-state index in [-0.39, 0.29) is 11.9 Å². The number of benzene rings is 2. The number of ether oxygens (including phenoxy) is 1. The number of rotatable bonds is 5. The second kappa shape index (κ2) is 7.29. The molecule has 0 spiro atoms. The third-order valence-corrected chi connectivity index (χ3v) is 4.26. The molecule has 2 aromatic rings. The first-order valence-corrected chi connectivity index (χ1v) is 8.01. The Morgan fingerprint density at radius 3 is 2.74 bits per heavy atom. The average Bonchev–Trinajstić information content (AvgIpc) is 2.74. The minimum absolute atomic E-state index is 0.0599. The van der Waals surface area contributed by atoms with Crippen molar-refractivity contribution in [2.45, 2.75) is 25.3 Å². The Morgan fingerprint density at radius 1 is 1.17 bits per heavy atom. The molecule has 120 valence electrons. The van der Waals surface area contributed by atoms with E-state index < -0.39 is 0 Å². The first-order chi connectivity index (χ1) is 11.3. The van der Waals surface area contributed by atoms with Crippen LogP contribution in [-0.2, 0) is 17.6 Å². The molecule has 2 N–H and O–H groups in total. The van der Waals surface area contributed by atoms with Gasteiger partial charge in [0.15, 0.2) is 0 Å². The van der Waals surface area contributed by atoms with Gasteiger partial charge in [-0.15, -0.1) is 0 Å². The molecule has 0 bridgehead atoms. The predicted molar refractivity (Wildman–Crippen MR) is 91.9 cm³/mol. The Labute approximate surface area is 136 Å². The standard InChI is InChI=1S/C19H22N2O2/c1-23-16-9-6-14(7-10-16)12-13-20-18-11-8-15-4-2-3-5-17(15)21-19(18)22/h2-7,9-10,18,20H,8,11-13H2,1H3,(H,21,22)/t18-/m1/s1. The van der Waals surface area contributed by atoms with Crippen molar-refractivity contribution in [1.82, 2.24) is 5.32 Å². The molecule has 1 aliphatic rings. The Balaban J connectivity index is 1.53. The summed E-state index contributed by atoms with van der Waals surface area (Å²) in [6.45, 7) is 0.779. The Hall–Kier alpha value is -2.33. The van der Waals surface area contributed by atoms with Gasteiger partial charge in [0.1, 0.15) is 5.75 Å². The highest BCUT2D eigenvalue weighted by Crippen LogP contribution is 2.21. The number of para-hydroxylation sites is 1. The van der Waals surface area contributed by atoms with Crippen LogP contribution in [-0.4, -0.2) is 25.6 Å². The Bertz CT molecular complexity index is 667. The van der Waals surface area contributed by atoms with Gasteiger partial charge in [0.05, 0.1) is 13.2 Å². The molecule has 4 nitrogen and oxygen atoms in total. The second-order valence-electron chi connectivity index (χ2n) is 5.79. The maximum atomic E-state index is 12.3. The van der Waals surface area contributed by atoms with Crippen LogP contribution in [0, 0.1) is 0 Å². The fraction of sp³-hybridized carbons (Fsp3) is 0.316. The number of fused-ring (bicyclic) bond motifs is 1. The van der Waals surface area contributed by atoms with E-state index in [1.54, 1.807) is 7.11 Å². The van der Waals surface area contributed by atoms with E-state index in [0.717, 1.165) is 37.2 Å². The average molecular weight is 310 g/mol. The molecule has 0 saturated carbocycles. The lowest BCUT2D eigenvalue weighted by Gasteiger charge is -2.15. The van der Waals surface area contributed by atoms with Gasteiger partial charge in [-0.05, 0) is 55.1 Å². The van der Waals surface area contributed by atoms with Crippen molar-refractivity contribution in [2.24, 2.45) is 0 Å². The summed E-state index contributed by atoms with van der Waals surface area (Å²) in [4.78, 5) is 12.3. The third kappa shape index (κ3) is 3.90. The van der Waals surface area contributed by atoms with E-state index in [1.165, 1.54) is 11.1 Å². The molecule has 1 heterocycles. The molecule has 0 unspecified atom stereocenters. The zero-order valence-corrected chi connectivity index (χ0v) is 13.3. The van der Waals surface area contributed by atoms with Crippen LogP contribution in [0.25, 0.3) is 0 Å². The molecule has 0 aliphatic carbocycles. The van der Waals surface area contributed by atoms with Crippen molar-refractivity contribution in [1.29, 1.82) is 0 Å². The summed E-state index contributed by atoms with van der Waals surface area (Å²) >= 11 is 0. The van der Waals surface area contributed by atoms with Crippen molar-refractivity contribution in [3.05, 3.63) is 59.7 Å². The quantitative estimate of drug-likeness (QED) is 0.893. The summed E-state index contributed by atoms with van der Waals surface area (Å²) in [5, 5.41) is 6.40. The van der Waals surface area contributed by atoms with E-state index in [2.05, 4.69) is 28.8 Å². The van der Waals surface area contributed by atoms with Gasteiger partial charge in [-0.1, -0.05) is 30.3 Å². The maximum Gasteiger partial charge on any atom is 0.241 e. The van der Waals surface area contributed by atoms with E-state index in [1.807, 2.05) is 30.3 Å². The molecule has 1 amide bonds. The molecule has 23 heavy (non-hydrogen) atoms. The highest BCUT2D eigenvalue weighted by Gasteiger charge is 2.22. The smallest absolute Gasteiger partial charge is 0.241 e. The number of methoxy groups -OCH3 is 1. The Morgan fingerprint density at radius 2 is 1.96 bits per heavy atom. The van der Waals surface area contributed by atoms with Crippen LogP contribution in [0.5, 0.6) is 5.75 Å². The largest absolute Gasteiger partial charge is 0.497 e. The molecule has 1 atom stereocenters. The number of amides is 1. The number of nitrogens with one attached hydrogen (secondary N) is 2. The highest BCUT2D eigenvalue weighted by molar-refractivity contribution is 5.96. The van der Waals surface area contributed by atoms with Gasteiger partial charge in [0.25, 0.3) is 0 Å². The van der Waals surface area contributed by atoms with Crippen molar-refractivity contribution in [2.75, 3.05) is 19.0 Å². The van der Waals surface area contributed by atoms with Gasteiger partial charge in [-0.3, -0.25) is 4.79 Å². The van der Waals surface area contributed by atoms with E-state index in [4.69, 9.17) is 4.74 Å². The lowest BCUT2D eigenvalue weighted by Crippen LogP contribution is -2.40. The number of aryl methyl sites for hydroxylation is 1. The molecular weight excluding hydrogens is 288 g/mol. The summed E-state index contributed by atoms with van der Waals surface area (Å²) in [6.07, 6.45) is 2.63. The molecule has 2 aromatic carbocycles. The lowest BCUT2D eigenvalue weighted by atomic mass is 10.1. The lowest BCUT2D eigenvalue weighted by molar-refractivity contribution is -0.118. The second-order valence-corrected chi connectivity index (χ2v) is 5.79. The molecule has 0 fully saturated rings. The first-order valence-electron chi connectivity index (χ1n) is 8.01. The highest BCUT2D eigenvalue weighted by atomic mass is 16.5. The van der Waals surface area contributed by atoms with Gasteiger partial charge in [-0.25, -0.2) is 0 Å². The summed E-state index contributed by atoms with van der Waals surface area (Å²) in [5.74, 6) is 0.923. The summed E-state index contributed by atoms with van der Waals surface area (Å²) in [7, 11) is 1.67. The van der Waals surface area contributed by atoms with E-state index >= 15 is 0 Å². The SMILES string of the molecule is COc1ccc(CCN[C@@H]2CCc3ccccc3NC2=O)cc1. The van der Waals surface area contributed by atoms with Gasteiger partial charge >= 0.3 is 0 Å². The zero-order chi connectivity index (χ0) is 16.1. The maximum absolute atomic E-state index is 12.3. The van der Waals surface area contributed by atoms with Crippen LogP contribution >= 0.6 is 0 Å². The summed E-state index contributed by atoms with van der Waals surface area (Å²) in [6, 6.07) is 15.9. The minimum atomic E-state index is -0.138. The number of anilines is 1. The van der Waals surface area contributed by atoms with E-state index in [0.29, 0.717) is 0 Å². The van der Waals surface area contributed by atoms with Gasteiger partial charge in [-0.2, -0.15) is 0 Å². The fourth-order valence-electron chi connectivity index (χ4n) is 2.89. The van der Waals surface area contributed by atoms with E-state index in [9.17, 15) is 4.79 Å². The molecule has 4 heteroatoms. The van der Waals surface area contributed by atoms with Crippen LogP contribution in [0.15, 0.2) is 48.5 Å². The van der Waals surface area contributed by atoms with Gasteiger partial charge in [0.2, 0.25) is 5.91 Å². The topological polar surface area (TPSA) is 50.4 Å². The molecule has 3 rings (SSSR count). The normalized spacial score (nSPS) is 17.1. The minimum Gasteiger partial charge on any atom is -0.497 e. The van der Waals surface area contributed by atoms with Crippen LogP contribution in [0.2, 0.25) is 0 Å². The Kier molecular flexibility index (Phi) is 4.93. The molecule has 0 aromatic heterocycles. The number of carbonyl (C=O) groups is 1. The molecule has 1 aliphatic heterocycles. The third-order valence-electron chi connectivity index (χ3n) is 4.26. The van der Waals surface area contributed by atoms with Crippen LogP contribution in [0.4, 0.5) is 5.69 Å². The van der Waals surface area contributed by atoms with Crippen molar-refractivity contribution in [3.8, 4) is 5.75 Å². The molecule has 0 saturated heterocycles. The van der Waals surface area contributed by atoms with Crippen LogP contribution in [0.3, 0.4) is 0 Å². The summed E-state index contributed by atoms with van der Waals surface area (Å²) < 4.78 is 5.16. The molecule has 0 radical (unpaired) electrons. The van der Waals surface area contributed by atoms with Crippen LogP contribution < -0.4 is 15.4 Å². The first kappa shape index (κ1) is 15.6. The predicted octanol–water partition coefficient (Wildman–Crippen LogP) is 2.78. The van der Waals surface area contributed by atoms with Crippen LogP contribution in [0.1, 0.15) is 17.5 Å². The zero-order valence-electron chi connectivity index (χ0n) is 13.3. The molecular formula is C19H22N2O2. The number of hydrogen-bond donors (Lipinski definition) is 2. The fourth-order valence-corrected chi connectivity index (χ4v) is 2.89. The number of carbonyl (C=O) groups excluding carboxylic acids is 1. The van der Waals surface area contributed by atoms with Crippen molar-refractivity contribution < 1.29 is 9.53 Å².